The standard InChI is InChI=1S/C12H10F3NO/c1-3-8-4-9(12(13,14)15)5-10(7(2)17)11(8)6-16/h4-5H,3H2,1-2H3. The summed E-state index contributed by atoms with van der Waals surface area (Å²) >= 11 is 0. The van der Waals surface area contributed by atoms with Gasteiger partial charge in [-0.15, -0.1) is 0 Å². The van der Waals surface area contributed by atoms with Crippen molar-refractivity contribution >= 4 is 5.78 Å². The van der Waals surface area contributed by atoms with Gasteiger partial charge in [-0.3, -0.25) is 4.79 Å². The maximum Gasteiger partial charge on any atom is 0.416 e. The molecule has 0 aromatic heterocycles. The summed E-state index contributed by atoms with van der Waals surface area (Å²) in [5, 5.41) is 8.89. The van der Waals surface area contributed by atoms with Crippen molar-refractivity contribution in [3.05, 3.63) is 34.4 Å². The van der Waals surface area contributed by atoms with Gasteiger partial charge in [0.05, 0.1) is 11.1 Å². The van der Waals surface area contributed by atoms with Crippen LogP contribution in [0, 0.1) is 11.3 Å². The van der Waals surface area contributed by atoms with Crippen LogP contribution in [0.4, 0.5) is 13.2 Å². The van der Waals surface area contributed by atoms with Crippen LogP contribution >= 0.6 is 0 Å². The fourth-order valence-corrected chi connectivity index (χ4v) is 1.55. The number of nitriles is 1. The number of benzene rings is 1. The highest BCUT2D eigenvalue weighted by atomic mass is 19.4. The first-order chi connectivity index (χ1) is 7.81. The molecule has 0 atom stereocenters. The van der Waals surface area contributed by atoms with E-state index in [-0.39, 0.29) is 23.1 Å². The lowest BCUT2D eigenvalue weighted by Gasteiger charge is -2.12. The molecule has 5 heteroatoms. The van der Waals surface area contributed by atoms with Gasteiger partial charge in [0.25, 0.3) is 0 Å². The number of carbonyl (C=O) groups is 1. The zero-order valence-electron chi connectivity index (χ0n) is 9.35. The Bertz CT molecular complexity index is 498. The molecule has 1 aromatic carbocycles. The van der Waals surface area contributed by atoms with E-state index < -0.39 is 17.5 Å². The van der Waals surface area contributed by atoms with E-state index in [4.69, 9.17) is 5.26 Å². The molecule has 0 heterocycles. The highest BCUT2D eigenvalue weighted by Crippen LogP contribution is 2.32. The number of hydrogen-bond acceptors (Lipinski definition) is 2. The maximum absolute atomic E-state index is 12.6. The van der Waals surface area contributed by atoms with Gasteiger partial charge >= 0.3 is 6.18 Å². The Balaban J connectivity index is 3.59. The minimum Gasteiger partial charge on any atom is -0.294 e. The normalized spacial score (nSPS) is 11.1. The monoisotopic (exact) mass is 241 g/mol. The van der Waals surface area contributed by atoms with E-state index >= 15 is 0 Å². The highest BCUT2D eigenvalue weighted by molar-refractivity contribution is 5.97. The number of hydrogen-bond donors (Lipinski definition) is 0. The van der Waals surface area contributed by atoms with Crippen molar-refractivity contribution < 1.29 is 18.0 Å². The molecule has 1 aromatic rings. The molecule has 0 radical (unpaired) electrons. The smallest absolute Gasteiger partial charge is 0.294 e. The van der Waals surface area contributed by atoms with Crippen molar-refractivity contribution in [1.82, 2.24) is 0 Å². The fourth-order valence-electron chi connectivity index (χ4n) is 1.55. The molecule has 0 unspecified atom stereocenters. The molecule has 2 nitrogen and oxygen atoms in total. The molecule has 90 valence electrons. The molecule has 0 fully saturated rings. The largest absolute Gasteiger partial charge is 0.416 e. The van der Waals surface area contributed by atoms with Gasteiger partial charge in [0.1, 0.15) is 6.07 Å². The van der Waals surface area contributed by atoms with Crippen LogP contribution in [0.2, 0.25) is 0 Å². The number of rotatable bonds is 2. The summed E-state index contributed by atoms with van der Waals surface area (Å²) < 4.78 is 37.8. The zero-order chi connectivity index (χ0) is 13.2. The molecular weight excluding hydrogens is 231 g/mol. The van der Waals surface area contributed by atoms with E-state index in [9.17, 15) is 18.0 Å². The number of aryl methyl sites for hydroxylation is 1. The first kappa shape index (κ1) is 13.2. The van der Waals surface area contributed by atoms with Crippen molar-refractivity contribution in [3.8, 4) is 6.07 Å². The topological polar surface area (TPSA) is 40.9 Å². The van der Waals surface area contributed by atoms with Crippen molar-refractivity contribution in [2.45, 2.75) is 26.4 Å². The molecule has 1 rings (SSSR count). The molecule has 0 saturated heterocycles. The lowest BCUT2D eigenvalue weighted by molar-refractivity contribution is -0.137. The van der Waals surface area contributed by atoms with Crippen molar-refractivity contribution in [2.24, 2.45) is 0 Å². The Morgan fingerprint density at radius 1 is 1.41 bits per heavy atom. The van der Waals surface area contributed by atoms with E-state index in [1.165, 1.54) is 0 Å². The van der Waals surface area contributed by atoms with Gasteiger partial charge < -0.3 is 0 Å². The van der Waals surface area contributed by atoms with Gasteiger partial charge in [0, 0.05) is 5.56 Å². The van der Waals surface area contributed by atoms with Crippen molar-refractivity contribution in [3.63, 3.8) is 0 Å². The zero-order valence-corrected chi connectivity index (χ0v) is 9.35. The minimum atomic E-state index is -4.51. The summed E-state index contributed by atoms with van der Waals surface area (Å²) in [5.41, 5.74) is -0.779. The molecule has 0 aliphatic heterocycles. The molecule has 0 spiro atoms. The summed E-state index contributed by atoms with van der Waals surface area (Å²) in [7, 11) is 0. The molecule has 0 saturated carbocycles. The van der Waals surface area contributed by atoms with E-state index in [1.54, 1.807) is 13.0 Å². The molecule has 0 bridgehead atoms. The van der Waals surface area contributed by atoms with Gasteiger partial charge in [-0.1, -0.05) is 6.92 Å². The highest BCUT2D eigenvalue weighted by Gasteiger charge is 2.32. The second-order valence-electron chi connectivity index (χ2n) is 3.58. The average Bonchev–Trinajstić information content (AvgIpc) is 2.25. The van der Waals surface area contributed by atoms with Gasteiger partial charge in [-0.25, -0.2) is 0 Å². The molecule has 0 N–H and O–H groups in total. The lowest BCUT2D eigenvalue weighted by Crippen LogP contribution is -2.10. The van der Waals surface area contributed by atoms with Crippen LogP contribution < -0.4 is 0 Å². The Hall–Kier alpha value is -1.83. The predicted octanol–water partition coefficient (Wildman–Crippen LogP) is 3.34. The maximum atomic E-state index is 12.6. The van der Waals surface area contributed by atoms with Crippen LogP contribution in [0.3, 0.4) is 0 Å². The van der Waals surface area contributed by atoms with Gasteiger partial charge in [0.15, 0.2) is 5.78 Å². The average molecular weight is 241 g/mol. The van der Waals surface area contributed by atoms with Gasteiger partial charge in [-0.05, 0) is 31.0 Å². The predicted molar refractivity (Wildman–Crippen MR) is 55.5 cm³/mol. The minimum absolute atomic E-state index is 0.0352. The summed E-state index contributed by atoms with van der Waals surface area (Å²) in [6, 6.07) is 3.44. The Labute approximate surface area is 96.7 Å². The number of halogens is 3. The van der Waals surface area contributed by atoms with Crippen molar-refractivity contribution in [2.75, 3.05) is 0 Å². The fraction of sp³-hybridized carbons (Fsp3) is 0.333. The number of Topliss-reactive ketones (excluding diaryl/α,β-unsaturated/α-hetero) is 1. The first-order valence-corrected chi connectivity index (χ1v) is 4.96. The Morgan fingerprint density at radius 2 is 2.00 bits per heavy atom. The third-order valence-corrected chi connectivity index (χ3v) is 2.42. The van der Waals surface area contributed by atoms with Gasteiger partial charge in [-0.2, -0.15) is 18.4 Å². The number of ketones is 1. The summed E-state index contributed by atoms with van der Waals surface area (Å²) in [6.07, 6.45) is -4.24. The third kappa shape index (κ3) is 2.64. The molecule has 0 aliphatic rings. The lowest BCUT2D eigenvalue weighted by atomic mass is 9.94. The van der Waals surface area contributed by atoms with E-state index in [1.807, 2.05) is 0 Å². The second kappa shape index (κ2) is 4.58. The summed E-state index contributed by atoms with van der Waals surface area (Å²) in [6.45, 7) is 2.79. The molecular formula is C12H10F3NO. The molecule has 17 heavy (non-hydrogen) atoms. The summed E-state index contributed by atoms with van der Waals surface area (Å²) in [5.74, 6) is -0.539. The van der Waals surface area contributed by atoms with Crippen LogP contribution in [0.15, 0.2) is 12.1 Å². The summed E-state index contributed by atoms with van der Waals surface area (Å²) in [4.78, 5) is 11.3. The van der Waals surface area contributed by atoms with Crippen molar-refractivity contribution in [1.29, 1.82) is 5.26 Å². The first-order valence-electron chi connectivity index (χ1n) is 4.96. The van der Waals surface area contributed by atoms with E-state index in [0.29, 0.717) is 0 Å². The van der Waals surface area contributed by atoms with E-state index in [0.717, 1.165) is 19.1 Å². The van der Waals surface area contributed by atoms with E-state index in [2.05, 4.69) is 0 Å². The molecule has 0 amide bonds. The second-order valence-corrected chi connectivity index (χ2v) is 3.58. The van der Waals surface area contributed by atoms with Crippen LogP contribution in [0.5, 0.6) is 0 Å². The van der Waals surface area contributed by atoms with Crippen LogP contribution in [-0.4, -0.2) is 5.78 Å². The SMILES string of the molecule is CCc1cc(C(F)(F)F)cc(C(C)=O)c1C#N. The van der Waals surface area contributed by atoms with Gasteiger partial charge in [0.2, 0.25) is 0 Å². The van der Waals surface area contributed by atoms with Crippen LogP contribution in [0.1, 0.15) is 40.9 Å². The van der Waals surface area contributed by atoms with Crippen LogP contribution in [-0.2, 0) is 12.6 Å². The molecule has 0 aliphatic carbocycles. The Morgan fingerprint density at radius 3 is 2.35 bits per heavy atom. The third-order valence-electron chi connectivity index (χ3n) is 2.42. The number of carbonyl (C=O) groups excluding carboxylic acids is 1. The number of nitrogens with zero attached hydrogens (tertiary/aromatic N) is 1. The number of alkyl halides is 3. The Kier molecular flexibility index (Phi) is 3.56. The quantitative estimate of drug-likeness (QED) is 0.745. The van der Waals surface area contributed by atoms with Crippen LogP contribution in [0.25, 0.3) is 0 Å².